The summed E-state index contributed by atoms with van der Waals surface area (Å²) in [6, 6.07) is 99.3. The molecule has 0 atom stereocenters. The van der Waals surface area contributed by atoms with E-state index in [0.29, 0.717) is 0 Å². The number of benzene rings is 9. The van der Waals surface area contributed by atoms with E-state index in [4.69, 9.17) is 12.3 Å². The Morgan fingerprint density at radius 3 is 0.797 bits per heavy atom. The molecule has 0 aliphatic rings. The molecule has 0 fully saturated rings. The van der Waals surface area contributed by atoms with Gasteiger partial charge in [0.2, 0.25) is 8.32 Å². The third-order valence-electron chi connectivity index (χ3n) is 13.3. The highest BCUT2D eigenvalue weighted by Crippen LogP contribution is 2.29. The smallest absolute Gasteiger partial charge is 0.389 e. The molecular formula is C62H61O3Si4. The fourth-order valence-corrected chi connectivity index (χ4v) is 32.2. The van der Waals surface area contributed by atoms with Crippen molar-refractivity contribution in [1.29, 1.82) is 0 Å². The second kappa shape index (κ2) is 22.9. The normalized spacial score (nSPS) is 12.1. The summed E-state index contributed by atoms with van der Waals surface area (Å²) >= 11 is 0. The lowest BCUT2D eigenvalue weighted by Gasteiger charge is -2.49. The molecule has 0 saturated carbocycles. The van der Waals surface area contributed by atoms with Crippen LogP contribution >= 0.6 is 0 Å². The summed E-state index contributed by atoms with van der Waals surface area (Å²) in [7, 11) is -14.9. The van der Waals surface area contributed by atoms with E-state index >= 15 is 0 Å². The molecule has 0 amide bonds. The fourth-order valence-electron chi connectivity index (χ4n) is 9.96. The first-order chi connectivity index (χ1) is 34.1. The van der Waals surface area contributed by atoms with Crippen molar-refractivity contribution in [2.45, 2.75) is 44.6 Å². The van der Waals surface area contributed by atoms with Crippen molar-refractivity contribution >= 4 is 80.4 Å². The van der Waals surface area contributed by atoms with Crippen LogP contribution < -0.4 is 46.7 Å². The van der Waals surface area contributed by atoms with Crippen LogP contribution in [0.2, 0.25) is 6.04 Å². The van der Waals surface area contributed by atoms with Crippen LogP contribution in [0.3, 0.4) is 0 Å². The lowest BCUT2D eigenvalue weighted by molar-refractivity contribution is 0.359. The quantitative estimate of drug-likeness (QED) is 0.0386. The van der Waals surface area contributed by atoms with E-state index in [0.717, 1.165) is 74.5 Å². The van der Waals surface area contributed by atoms with Crippen LogP contribution in [0.25, 0.3) is 0 Å². The zero-order valence-corrected chi connectivity index (χ0v) is 43.4. The van der Waals surface area contributed by atoms with Crippen LogP contribution in [0.15, 0.2) is 273 Å². The van der Waals surface area contributed by atoms with E-state index in [2.05, 4.69) is 280 Å². The summed E-state index contributed by atoms with van der Waals surface area (Å²) in [6.07, 6.45) is 6.59. The van der Waals surface area contributed by atoms with Crippen molar-refractivity contribution < 1.29 is 12.3 Å². The van der Waals surface area contributed by atoms with Crippen molar-refractivity contribution in [3.63, 3.8) is 0 Å². The number of rotatable bonds is 22. The number of hydrogen-bond acceptors (Lipinski definition) is 3. The Morgan fingerprint density at radius 2 is 0.493 bits per heavy atom. The molecule has 69 heavy (non-hydrogen) atoms. The second-order valence-electron chi connectivity index (χ2n) is 17.7. The molecule has 343 valence electrons. The summed E-state index contributed by atoms with van der Waals surface area (Å²) < 4.78 is 26.6. The standard InChI is InChI=1S/C62H61O3Si4/c1-2-3-4-5-6-34-53-66(54-35-16-7-17-36-54,55-37-18-8-19-38-55)63-68(59-45-26-12-27-46-59,60-47-28-13-29-48-60)65-69(61-49-30-14-31-50-61,62-51-32-15-33-52-62)64-67(56-39-20-9-21-40-56,57-41-22-10-23-42-57)58-43-24-11-25-44-58/h7-33,35-52H,1-6,34,53H2. The maximum absolute atomic E-state index is 8.94. The molecule has 0 aromatic heterocycles. The van der Waals surface area contributed by atoms with Crippen molar-refractivity contribution in [3.05, 3.63) is 280 Å². The van der Waals surface area contributed by atoms with Gasteiger partial charge in [0.05, 0.1) is 0 Å². The second-order valence-corrected chi connectivity index (χ2v) is 31.3. The molecule has 0 N–H and O–H groups in total. The number of hydrogen-bond donors (Lipinski definition) is 0. The molecule has 0 bridgehead atoms. The maximum atomic E-state index is 8.94. The molecule has 1 radical (unpaired) electrons. The molecule has 0 unspecified atom stereocenters. The lowest BCUT2D eigenvalue weighted by atomic mass is 10.1. The van der Waals surface area contributed by atoms with E-state index in [1.807, 2.05) is 0 Å². The Labute approximate surface area is 414 Å². The molecule has 3 nitrogen and oxygen atoms in total. The summed E-state index contributed by atoms with van der Waals surface area (Å²) in [6.45, 7) is 4.14. The number of unbranched alkanes of at least 4 members (excludes halogenated alkanes) is 5. The molecule has 7 heteroatoms. The van der Waals surface area contributed by atoms with Crippen LogP contribution in [-0.4, -0.2) is 33.8 Å². The van der Waals surface area contributed by atoms with Crippen LogP contribution in [0.1, 0.15) is 38.5 Å². The fraction of sp³-hybridized carbons (Fsp3) is 0.113. The Morgan fingerprint density at radius 1 is 0.246 bits per heavy atom. The van der Waals surface area contributed by atoms with Crippen molar-refractivity contribution in [3.8, 4) is 0 Å². The van der Waals surface area contributed by atoms with E-state index in [-0.39, 0.29) is 0 Å². The van der Waals surface area contributed by atoms with Gasteiger partial charge < -0.3 is 12.3 Å². The van der Waals surface area contributed by atoms with E-state index < -0.39 is 33.8 Å². The van der Waals surface area contributed by atoms with Crippen LogP contribution in [-0.2, 0) is 12.3 Å². The predicted octanol–water partition coefficient (Wildman–Crippen LogP) is 9.15. The average Bonchev–Trinajstić information content (AvgIpc) is 3.44. The monoisotopic (exact) mass is 965 g/mol. The third-order valence-corrected chi connectivity index (χ3v) is 31.9. The molecule has 9 rings (SSSR count). The van der Waals surface area contributed by atoms with Gasteiger partial charge in [-0.2, -0.15) is 0 Å². The molecular weight excluding hydrogens is 905 g/mol. The van der Waals surface area contributed by atoms with E-state index in [1.165, 1.54) is 16.8 Å². The van der Waals surface area contributed by atoms with Crippen LogP contribution in [0.5, 0.6) is 0 Å². The van der Waals surface area contributed by atoms with E-state index in [9.17, 15) is 0 Å². The Kier molecular flexibility index (Phi) is 15.8. The highest BCUT2D eigenvalue weighted by Gasteiger charge is 2.61. The first kappa shape index (κ1) is 47.8. The molecule has 9 aromatic rings. The minimum Gasteiger partial charge on any atom is -0.422 e. The third kappa shape index (κ3) is 10.2. The van der Waals surface area contributed by atoms with Gasteiger partial charge in [0.15, 0.2) is 0 Å². The van der Waals surface area contributed by atoms with Crippen molar-refractivity contribution in [2.75, 3.05) is 0 Å². The zero-order chi connectivity index (χ0) is 47.1. The molecule has 0 aliphatic carbocycles. The Balaban J connectivity index is 1.40. The molecule has 0 heterocycles. The molecule has 9 aromatic carbocycles. The van der Waals surface area contributed by atoms with Gasteiger partial charge in [-0.05, 0) is 52.7 Å². The van der Waals surface area contributed by atoms with Gasteiger partial charge in [-0.1, -0.05) is 318 Å². The predicted molar refractivity (Wildman–Crippen MR) is 299 cm³/mol. The topological polar surface area (TPSA) is 27.7 Å². The van der Waals surface area contributed by atoms with Crippen LogP contribution in [0, 0.1) is 6.92 Å². The van der Waals surface area contributed by atoms with Gasteiger partial charge >= 0.3 is 17.1 Å². The van der Waals surface area contributed by atoms with Gasteiger partial charge in [0.25, 0.3) is 8.32 Å². The van der Waals surface area contributed by atoms with Gasteiger partial charge in [-0.15, -0.1) is 0 Å². The summed E-state index contributed by atoms with van der Waals surface area (Å²) in [5.74, 6) is 0. The van der Waals surface area contributed by atoms with Gasteiger partial charge in [-0.25, -0.2) is 0 Å². The van der Waals surface area contributed by atoms with E-state index in [1.54, 1.807) is 0 Å². The van der Waals surface area contributed by atoms with Crippen LogP contribution in [0.4, 0.5) is 0 Å². The molecule has 0 spiro atoms. The zero-order valence-electron chi connectivity index (χ0n) is 39.4. The highest BCUT2D eigenvalue weighted by molar-refractivity contribution is 7.16. The SMILES string of the molecule is [CH2]CCCCCCC[Si](O[Si](O[Si](O[Si](c1ccccc1)(c1ccccc1)c1ccccc1)(c1ccccc1)c1ccccc1)(c1ccccc1)c1ccccc1)(c1ccccc1)c1ccccc1. The summed E-state index contributed by atoms with van der Waals surface area (Å²) in [5.41, 5.74) is 0. The van der Waals surface area contributed by atoms with Gasteiger partial charge in [-0.3, -0.25) is 0 Å². The average molecular weight is 967 g/mol. The lowest BCUT2D eigenvalue weighted by Crippen LogP contribution is -2.83. The summed E-state index contributed by atoms with van der Waals surface area (Å²) in [5, 5.41) is 9.98. The van der Waals surface area contributed by atoms with Gasteiger partial charge in [0.1, 0.15) is 0 Å². The summed E-state index contributed by atoms with van der Waals surface area (Å²) in [4.78, 5) is 0. The minimum absolute atomic E-state index is 0.881. The first-order valence-corrected chi connectivity index (χ1v) is 32.2. The molecule has 0 aliphatic heterocycles. The maximum Gasteiger partial charge on any atom is 0.389 e. The van der Waals surface area contributed by atoms with Gasteiger partial charge in [0, 0.05) is 0 Å². The Hall–Kier alpha value is -6.27. The highest BCUT2D eigenvalue weighted by atomic mass is 28.5. The van der Waals surface area contributed by atoms with Crippen molar-refractivity contribution in [1.82, 2.24) is 0 Å². The van der Waals surface area contributed by atoms with Crippen molar-refractivity contribution in [2.24, 2.45) is 0 Å². The Bertz CT molecular complexity index is 2670. The molecule has 0 saturated heterocycles. The minimum atomic E-state index is -4.07. The largest absolute Gasteiger partial charge is 0.422 e. The first-order valence-electron chi connectivity index (χ1n) is 24.5.